The number of halogens is 4. The van der Waals surface area contributed by atoms with Crippen LogP contribution in [-0.4, -0.2) is 30.1 Å². The van der Waals surface area contributed by atoms with E-state index in [1.165, 1.54) is 6.20 Å². The molecule has 1 fully saturated rings. The fourth-order valence-corrected chi connectivity index (χ4v) is 4.66. The van der Waals surface area contributed by atoms with Crippen LogP contribution in [0.2, 0.25) is 0 Å². The van der Waals surface area contributed by atoms with Crippen LogP contribution in [0.15, 0.2) is 51.2 Å². The predicted molar refractivity (Wildman–Crippen MR) is 129 cm³/mol. The normalized spacial score (nSPS) is 21.5. The van der Waals surface area contributed by atoms with Crippen molar-refractivity contribution in [2.75, 3.05) is 12.4 Å². The molecule has 1 aliphatic rings. The Kier molecular flexibility index (Phi) is 7.95. The molecule has 1 aliphatic carbocycles. The molecule has 5 nitrogen and oxygen atoms in total. The van der Waals surface area contributed by atoms with E-state index in [-0.39, 0.29) is 34.1 Å². The molecule has 0 bridgehead atoms. The lowest BCUT2D eigenvalue weighted by Gasteiger charge is -2.49. The van der Waals surface area contributed by atoms with Crippen LogP contribution in [-0.2, 0) is 22.9 Å². The monoisotopic (exact) mass is 524 g/mol. The molecule has 0 unspecified atom stereocenters. The van der Waals surface area contributed by atoms with E-state index in [1.807, 2.05) is 31.2 Å². The number of hydrogen-bond donors (Lipinski definition) is 1. The first kappa shape index (κ1) is 25.4. The van der Waals surface area contributed by atoms with Gasteiger partial charge >= 0.3 is 6.18 Å². The van der Waals surface area contributed by atoms with Gasteiger partial charge < -0.3 is 10.1 Å². The van der Waals surface area contributed by atoms with Crippen molar-refractivity contribution in [3.63, 3.8) is 0 Å². The Morgan fingerprint density at radius 2 is 2.06 bits per heavy atom. The lowest BCUT2D eigenvalue weighted by atomic mass is 9.58. The number of alkyl halides is 3. The van der Waals surface area contributed by atoms with E-state index in [1.54, 1.807) is 13.3 Å². The van der Waals surface area contributed by atoms with Gasteiger partial charge in [-0.25, -0.2) is 0 Å². The summed E-state index contributed by atoms with van der Waals surface area (Å²) in [5, 5.41) is 11.8. The van der Waals surface area contributed by atoms with E-state index >= 15 is 0 Å². The van der Waals surface area contributed by atoms with Crippen molar-refractivity contribution in [2.45, 2.75) is 57.9 Å². The van der Waals surface area contributed by atoms with Gasteiger partial charge in [-0.3, -0.25) is 4.98 Å². The van der Waals surface area contributed by atoms with Gasteiger partial charge in [-0.1, -0.05) is 26.0 Å². The van der Waals surface area contributed by atoms with E-state index in [9.17, 15) is 13.2 Å². The van der Waals surface area contributed by atoms with Crippen molar-refractivity contribution in [3.8, 4) is 0 Å². The second-order valence-corrected chi connectivity index (χ2v) is 9.36. The summed E-state index contributed by atoms with van der Waals surface area (Å²) in [7, 11) is 1.70. The van der Waals surface area contributed by atoms with Gasteiger partial charge in [-0.2, -0.15) is 23.4 Å². The zero-order valence-corrected chi connectivity index (χ0v) is 20.7. The zero-order valence-electron chi connectivity index (χ0n) is 19.1. The Labute approximate surface area is 200 Å². The maximum atomic E-state index is 13.4. The Bertz CT molecular complexity index is 1030. The van der Waals surface area contributed by atoms with Crippen molar-refractivity contribution in [2.24, 2.45) is 16.1 Å². The first-order valence-corrected chi connectivity index (χ1v) is 11.5. The van der Waals surface area contributed by atoms with Gasteiger partial charge in [0.2, 0.25) is 0 Å². The van der Waals surface area contributed by atoms with E-state index in [4.69, 9.17) is 4.74 Å². The number of rotatable bonds is 8. The molecule has 2 aromatic rings. The summed E-state index contributed by atoms with van der Waals surface area (Å²) in [4.78, 5) is 3.98. The summed E-state index contributed by atoms with van der Waals surface area (Å²) in [6.07, 6.45) is 0.215. The van der Waals surface area contributed by atoms with Crippen molar-refractivity contribution >= 4 is 33.5 Å². The first-order chi connectivity index (χ1) is 15.6. The number of hydrogen-bond acceptors (Lipinski definition) is 5. The highest BCUT2D eigenvalue weighted by atomic mass is 79.9. The highest BCUT2D eigenvalue weighted by Crippen LogP contribution is 2.48. The fourth-order valence-electron chi connectivity index (χ4n) is 4.33. The molecule has 0 spiro atoms. The van der Waals surface area contributed by atoms with E-state index in [0.29, 0.717) is 5.69 Å². The number of anilines is 1. The van der Waals surface area contributed by atoms with Crippen LogP contribution in [0.1, 0.15) is 50.4 Å². The molecule has 0 saturated heterocycles. The van der Waals surface area contributed by atoms with E-state index in [0.717, 1.165) is 30.2 Å². The molecule has 1 aromatic heterocycles. The third-order valence-corrected chi connectivity index (χ3v) is 6.35. The van der Waals surface area contributed by atoms with Crippen molar-refractivity contribution in [1.82, 2.24) is 4.98 Å². The van der Waals surface area contributed by atoms with Gasteiger partial charge in [0.05, 0.1) is 29.6 Å². The second kappa shape index (κ2) is 10.3. The van der Waals surface area contributed by atoms with Crippen LogP contribution in [0.5, 0.6) is 0 Å². The number of benzene rings is 1. The lowest BCUT2D eigenvalue weighted by Crippen LogP contribution is -2.52. The summed E-state index contributed by atoms with van der Waals surface area (Å²) in [6, 6.07) is 8.80. The molecular formula is C24H28BrF3N4O. The minimum atomic E-state index is -4.48. The third kappa shape index (κ3) is 5.63. The molecule has 0 radical (unpaired) electrons. The van der Waals surface area contributed by atoms with E-state index < -0.39 is 11.7 Å². The molecule has 33 heavy (non-hydrogen) atoms. The first-order valence-electron chi connectivity index (χ1n) is 10.8. The van der Waals surface area contributed by atoms with Gasteiger partial charge in [0.1, 0.15) is 0 Å². The average molecular weight is 525 g/mol. The SMILES string of the molecule is C/C=N\N=C(/C(C)C)[C@]1(c2cccc(NCc3ncc(Br)cc3C(F)(F)F)c2)C[C@H](OC)C1. The highest BCUT2D eigenvalue weighted by molar-refractivity contribution is 9.10. The number of nitrogens with one attached hydrogen (secondary N) is 1. The van der Waals surface area contributed by atoms with Crippen LogP contribution < -0.4 is 5.32 Å². The second-order valence-electron chi connectivity index (χ2n) is 8.44. The molecule has 0 aliphatic heterocycles. The molecule has 9 heteroatoms. The molecule has 178 valence electrons. The quantitative estimate of drug-likeness (QED) is 0.311. The van der Waals surface area contributed by atoms with Gasteiger partial charge in [0.25, 0.3) is 0 Å². The van der Waals surface area contributed by atoms with Gasteiger partial charge in [0.15, 0.2) is 0 Å². The summed E-state index contributed by atoms with van der Waals surface area (Å²) in [5.74, 6) is 0.171. The third-order valence-electron chi connectivity index (χ3n) is 5.92. The van der Waals surface area contributed by atoms with Crippen LogP contribution in [0, 0.1) is 5.92 Å². The fraction of sp³-hybridized carbons (Fsp3) is 0.458. The minimum absolute atomic E-state index is 0.0511. The molecule has 3 rings (SSSR count). The molecule has 1 heterocycles. The largest absolute Gasteiger partial charge is 0.418 e. The molecule has 1 N–H and O–H groups in total. The smallest absolute Gasteiger partial charge is 0.381 e. The maximum Gasteiger partial charge on any atom is 0.418 e. The summed E-state index contributed by atoms with van der Waals surface area (Å²) in [6.45, 7) is 5.95. The standard InChI is InChI=1S/C24H28BrF3N4O/c1-5-31-32-22(15(2)3)23(11-19(12-23)33-4)16-7-6-8-18(9-16)29-14-21-20(24(26,27)28)10-17(25)13-30-21/h5-10,13,15,19,29H,11-12,14H2,1-4H3/b31-5-,32-22+/t19-,23+. The minimum Gasteiger partial charge on any atom is -0.381 e. The van der Waals surface area contributed by atoms with Gasteiger partial charge in [-0.15, -0.1) is 0 Å². The summed E-state index contributed by atoms with van der Waals surface area (Å²) >= 11 is 3.07. The molecule has 0 atom stereocenters. The Hall–Kier alpha value is -2.26. The highest BCUT2D eigenvalue weighted by Gasteiger charge is 2.50. The van der Waals surface area contributed by atoms with E-state index in [2.05, 4.69) is 50.3 Å². The van der Waals surface area contributed by atoms with Gasteiger partial charge in [0, 0.05) is 35.1 Å². The van der Waals surface area contributed by atoms with Crippen LogP contribution >= 0.6 is 15.9 Å². The Balaban J connectivity index is 1.91. The van der Waals surface area contributed by atoms with Crippen molar-refractivity contribution in [3.05, 3.63) is 57.8 Å². The summed E-state index contributed by atoms with van der Waals surface area (Å²) < 4.78 is 46.2. The van der Waals surface area contributed by atoms with Crippen molar-refractivity contribution < 1.29 is 17.9 Å². The zero-order chi connectivity index (χ0) is 24.2. The molecule has 0 amide bonds. The number of aromatic nitrogens is 1. The number of ether oxygens (including phenoxy) is 1. The summed E-state index contributed by atoms with van der Waals surface area (Å²) in [5.41, 5.74) is 1.58. The van der Waals surface area contributed by atoms with Crippen LogP contribution in [0.25, 0.3) is 0 Å². The molecule has 1 aromatic carbocycles. The lowest BCUT2D eigenvalue weighted by molar-refractivity contribution is -0.138. The maximum absolute atomic E-state index is 13.4. The Morgan fingerprint density at radius 3 is 2.67 bits per heavy atom. The number of nitrogens with zero attached hydrogens (tertiary/aromatic N) is 3. The van der Waals surface area contributed by atoms with Crippen LogP contribution in [0.3, 0.4) is 0 Å². The van der Waals surface area contributed by atoms with Crippen molar-refractivity contribution in [1.29, 1.82) is 0 Å². The molecule has 1 saturated carbocycles. The van der Waals surface area contributed by atoms with Crippen LogP contribution in [0.4, 0.5) is 18.9 Å². The Morgan fingerprint density at radius 1 is 1.33 bits per heavy atom. The molecular weight excluding hydrogens is 497 g/mol. The predicted octanol–water partition coefficient (Wildman–Crippen LogP) is 6.62. The van der Waals surface area contributed by atoms with Gasteiger partial charge in [-0.05, 0) is 65.4 Å². The number of pyridine rings is 1. The number of methoxy groups -OCH3 is 1. The topological polar surface area (TPSA) is 58.9 Å². The average Bonchev–Trinajstić information content (AvgIpc) is 2.73.